The summed E-state index contributed by atoms with van der Waals surface area (Å²) in [4.78, 5) is 12.4. The van der Waals surface area contributed by atoms with E-state index in [0.717, 1.165) is 9.13 Å². The Morgan fingerprint density at radius 3 is 2.15 bits per heavy atom. The quantitative estimate of drug-likeness (QED) is 0.510. The van der Waals surface area contributed by atoms with Crippen LogP contribution in [-0.2, 0) is 10.0 Å². The standard InChI is InChI=1S/C20H17IN2O3S/c1-14-5-7-18(8-6-14)23-27(25,26)19-11-9-17(10-12-19)22-20(24)15-3-2-4-16(21)13-15/h2-13,23H,1H3,(H,22,24). The zero-order valence-corrected chi connectivity index (χ0v) is 17.4. The van der Waals surface area contributed by atoms with Gasteiger partial charge in [0.15, 0.2) is 0 Å². The van der Waals surface area contributed by atoms with Gasteiger partial charge in [-0.2, -0.15) is 0 Å². The maximum atomic E-state index is 12.5. The summed E-state index contributed by atoms with van der Waals surface area (Å²) in [5.41, 5.74) is 2.61. The van der Waals surface area contributed by atoms with Gasteiger partial charge in [0.05, 0.1) is 4.90 Å². The Kier molecular flexibility index (Phi) is 5.81. The van der Waals surface area contributed by atoms with Gasteiger partial charge in [0, 0.05) is 20.5 Å². The number of aryl methyl sites for hydroxylation is 1. The third-order valence-corrected chi connectivity index (χ3v) is 5.88. The van der Waals surface area contributed by atoms with E-state index in [4.69, 9.17) is 0 Å². The highest BCUT2D eigenvalue weighted by Crippen LogP contribution is 2.19. The van der Waals surface area contributed by atoms with Crippen molar-refractivity contribution < 1.29 is 13.2 Å². The molecule has 5 nitrogen and oxygen atoms in total. The van der Waals surface area contributed by atoms with Crippen molar-refractivity contribution in [3.05, 3.63) is 87.5 Å². The summed E-state index contributed by atoms with van der Waals surface area (Å²) in [6.45, 7) is 1.93. The molecule has 0 aliphatic heterocycles. The van der Waals surface area contributed by atoms with E-state index >= 15 is 0 Å². The van der Waals surface area contributed by atoms with Gasteiger partial charge >= 0.3 is 0 Å². The van der Waals surface area contributed by atoms with Gasteiger partial charge < -0.3 is 5.32 Å². The zero-order valence-electron chi connectivity index (χ0n) is 14.4. The number of sulfonamides is 1. The summed E-state index contributed by atoms with van der Waals surface area (Å²) >= 11 is 2.14. The highest BCUT2D eigenvalue weighted by atomic mass is 127. The van der Waals surface area contributed by atoms with Crippen LogP contribution in [0.25, 0.3) is 0 Å². The minimum Gasteiger partial charge on any atom is -0.322 e. The van der Waals surface area contributed by atoms with Gasteiger partial charge in [-0.25, -0.2) is 8.42 Å². The van der Waals surface area contributed by atoms with E-state index in [2.05, 4.69) is 32.6 Å². The molecular weight excluding hydrogens is 475 g/mol. The molecule has 138 valence electrons. The van der Waals surface area contributed by atoms with Crippen LogP contribution in [0.1, 0.15) is 15.9 Å². The molecule has 0 radical (unpaired) electrons. The Hall–Kier alpha value is -2.39. The summed E-state index contributed by atoms with van der Waals surface area (Å²) in [6.07, 6.45) is 0. The fourth-order valence-corrected chi connectivity index (χ4v) is 3.99. The van der Waals surface area contributed by atoms with Gasteiger partial charge in [-0.15, -0.1) is 0 Å². The Bertz CT molecular complexity index is 1060. The molecule has 7 heteroatoms. The van der Waals surface area contributed by atoms with Gasteiger partial charge in [-0.3, -0.25) is 9.52 Å². The minimum absolute atomic E-state index is 0.121. The topological polar surface area (TPSA) is 75.3 Å². The molecular formula is C20H17IN2O3S. The summed E-state index contributed by atoms with van der Waals surface area (Å²) in [5, 5.41) is 2.76. The van der Waals surface area contributed by atoms with Gasteiger partial charge in [-0.05, 0) is 84.1 Å². The second-order valence-corrected chi connectivity index (χ2v) is 8.89. The molecule has 0 saturated carbocycles. The number of hydrogen-bond donors (Lipinski definition) is 2. The molecule has 0 atom stereocenters. The summed E-state index contributed by atoms with van der Waals surface area (Å²) in [5.74, 6) is -0.248. The Labute approximate surface area is 172 Å². The molecule has 0 bridgehead atoms. The first-order chi connectivity index (χ1) is 12.8. The Morgan fingerprint density at radius 1 is 0.889 bits per heavy atom. The van der Waals surface area contributed by atoms with Gasteiger partial charge in [0.1, 0.15) is 0 Å². The van der Waals surface area contributed by atoms with E-state index < -0.39 is 10.0 Å². The van der Waals surface area contributed by atoms with Crippen molar-refractivity contribution in [3.8, 4) is 0 Å². The van der Waals surface area contributed by atoms with Crippen LogP contribution in [0.4, 0.5) is 11.4 Å². The molecule has 27 heavy (non-hydrogen) atoms. The van der Waals surface area contributed by atoms with Gasteiger partial charge in [0.25, 0.3) is 15.9 Å². The fraction of sp³-hybridized carbons (Fsp3) is 0.0500. The average molecular weight is 492 g/mol. The van der Waals surface area contributed by atoms with Crippen LogP contribution in [0.3, 0.4) is 0 Å². The monoisotopic (exact) mass is 492 g/mol. The second-order valence-electron chi connectivity index (χ2n) is 5.96. The molecule has 0 spiro atoms. The van der Waals surface area contributed by atoms with Crippen molar-refractivity contribution in [2.75, 3.05) is 10.0 Å². The number of benzene rings is 3. The lowest BCUT2D eigenvalue weighted by molar-refractivity contribution is 0.102. The number of anilines is 2. The van der Waals surface area contributed by atoms with E-state index in [-0.39, 0.29) is 10.8 Å². The number of rotatable bonds is 5. The highest BCUT2D eigenvalue weighted by molar-refractivity contribution is 14.1. The molecule has 0 saturated heterocycles. The van der Waals surface area contributed by atoms with E-state index in [9.17, 15) is 13.2 Å². The molecule has 2 N–H and O–H groups in total. The van der Waals surface area contributed by atoms with E-state index in [1.54, 1.807) is 36.4 Å². The predicted molar refractivity (Wildman–Crippen MR) is 116 cm³/mol. The second kappa shape index (κ2) is 8.10. The number of amides is 1. The van der Waals surface area contributed by atoms with E-state index in [0.29, 0.717) is 16.9 Å². The largest absolute Gasteiger partial charge is 0.322 e. The van der Waals surface area contributed by atoms with Crippen molar-refractivity contribution in [2.24, 2.45) is 0 Å². The first-order valence-electron chi connectivity index (χ1n) is 8.10. The normalized spacial score (nSPS) is 11.0. The smallest absolute Gasteiger partial charge is 0.261 e. The van der Waals surface area contributed by atoms with E-state index in [1.807, 2.05) is 31.2 Å². The summed E-state index contributed by atoms with van der Waals surface area (Å²) in [6, 6.07) is 20.4. The molecule has 3 aromatic carbocycles. The van der Waals surface area contributed by atoms with Crippen molar-refractivity contribution in [3.63, 3.8) is 0 Å². The number of halogens is 1. The first-order valence-corrected chi connectivity index (χ1v) is 10.7. The molecule has 0 aliphatic carbocycles. The number of carbonyl (C=O) groups is 1. The highest BCUT2D eigenvalue weighted by Gasteiger charge is 2.14. The van der Waals surface area contributed by atoms with Gasteiger partial charge in [-0.1, -0.05) is 23.8 Å². The van der Waals surface area contributed by atoms with Gasteiger partial charge in [0.2, 0.25) is 0 Å². The lowest BCUT2D eigenvalue weighted by Crippen LogP contribution is -2.14. The molecule has 0 unspecified atom stereocenters. The molecule has 0 aliphatic rings. The van der Waals surface area contributed by atoms with Crippen molar-refractivity contribution in [2.45, 2.75) is 11.8 Å². The number of nitrogens with one attached hydrogen (secondary N) is 2. The molecule has 0 heterocycles. The zero-order chi connectivity index (χ0) is 19.4. The van der Waals surface area contributed by atoms with Crippen molar-refractivity contribution in [1.82, 2.24) is 0 Å². The number of hydrogen-bond acceptors (Lipinski definition) is 3. The third kappa shape index (κ3) is 5.08. The molecule has 0 fully saturated rings. The summed E-state index contributed by atoms with van der Waals surface area (Å²) in [7, 11) is -3.69. The molecule has 1 amide bonds. The minimum atomic E-state index is -3.69. The SMILES string of the molecule is Cc1ccc(NS(=O)(=O)c2ccc(NC(=O)c3cccc(I)c3)cc2)cc1. The lowest BCUT2D eigenvalue weighted by atomic mass is 10.2. The van der Waals surface area contributed by atoms with Crippen LogP contribution >= 0.6 is 22.6 Å². The molecule has 3 rings (SSSR count). The molecule has 3 aromatic rings. The van der Waals surface area contributed by atoms with Crippen LogP contribution in [0.15, 0.2) is 77.7 Å². The van der Waals surface area contributed by atoms with Crippen LogP contribution in [0.5, 0.6) is 0 Å². The Morgan fingerprint density at radius 2 is 1.52 bits per heavy atom. The molecule has 0 aromatic heterocycles. The van der Waals surface area contributed by atoms with Crippen LogP contribution in [0, 0.1) is 10.5 Å². The van der Waals surface area contributed by atoms with Crippen LogP contribution in [-0.4, -0.2) is 14.3 Å². The first kappa shape index (κ1) is 19.4. The average Bonchev–Trinajstić information content (AvgIpc) is 2.64. The maximum Gasteiger partial charge on any atom is 0.261 e. The number of carbonyl (C=O) groups excluding carboxylic acids is 1. The fourth-order valence-electron chi connectivity index (χ4n) is 2.39. The lowest BCUT2D eigenvalue weighted by Gasteiger charge is -2.10. The van der Waals surface area contributed by atoms with Crippen LogP contribution in [0.2, 0.25) is 0 Å². The van der Waals surface area contributed by atoms with Crippen molar-refractivity contribution >= 4 is 49.9 Å². The van der Waals surface area contributed by atoms with Crippen LogP contribution < -0.4 is 10.0 Å². The maximum absolute atomic E-state index is 12.5. The van der Waals surface area contributed by atoms with Crippen molar-refractivity contribution in [1.29, 1.82) is 0 Å². The third-order valence-electron chi connectivity index (χ3n) is 3.81. The predicted octanol–water partition coefficient (Wildman–Crippen LogP) is 4.65. The van der Waals surface area contributed by atoms with E-state index in [1.165, 1.54) is 12.1 Å². The Balaban J connectivity index is 1.72. The summed E-state index contributed by atoms with van der Waals surface area (Å²) < 4.78 is 28.5.